The van der Waals surface area contributed by atoms with Crippen LogP contribution in [-0.4, -0.2) is 15.2 Å². The zero-order valence-electron chi connectivity index (χ0n) is 6.27. The van der Waals surface area contributed by atoms with E-state index in [-0.39, 0.29) is 0 Å². The van der Waals surface area contributed by atoms with Crippen LogP contribution in [0.5, 0.6) is 0 Å². The number of hydrogen-bond donors (Lipinski definition) is 1. The number of hydrogen-bond acceptors (Lipinski definition) is 3. The summed E-state index contributed by atoms with van der Waals surface area (Å²) < 4.78 is 5.08. The van der Waals surface area contributed by atoms with Crippen LogP contribution in [0.3, 0.4) is 0 Å². The Morgan fingerprint density at radius 3 is 3.08 bits per heavy atom. The second-order valence-electron chi connectivity index (χ2n) is 2.22. The summed E-state index contributed by atoms with van der Waals surface area (Å²) in [6, 6.07) is 3.70. The molecule has 0 spiro atoms. The Morgan fingerprint density at radius 2 is 2.42 bits per heavy atom. The van der Waals surface area contributed by atoms with Gasteiger partial charge in [0.15, 0.2) is 0 Å². The van der Waals surface area contributed by atoms with Crippen molar-refractivity contribution in [3.8, 4) is 0 Å². The van der Waals surface area contributed by atoms with Gasteiger partial charge < -0.3 is 4.42 Å². The van der Waals surface area contributed by atoms with Crippen molar-refractivity contribution >= 4 is 12.2 Å². The fraction of sp³-hybridized carbons (Fsp3) is 0. The van der Waals surface area contributed by atoms with Crippen LogP contribution in [0, 0.1) is 0 Å². The molecule has 2 aromatic rings. The second-order valence-corrected chi connectivity index (χ2v) is 2.22. The summed E-state index contributed by atoms with van der Waals surface area (Å²) in [5.74, 6) is 1.51. The first-order valence-electron chi connectivity index (χ1n) is 3.52. The number of nitrogens with zero attached hydrogens (tertiary/aromatic N) is 2. The molecule has 0 atom stereocenters. The molecule has 0 fully saturated rings. The summed E-state index contributed by atoms with van der Waals surface area (Å²) in [4.78, 5) is 3.92. The van der Waals surface area contributed by atoms with Crippen molar-refractivity contribution in [2.75, 3.05) is 0 Å². The molecule has 0 bridgehead atoms. The topological polar surface area (TPSA) is 54.7 Å². The van der Waals surface area contributed by atoms with Gasteiger partial charge in [-0.15, -0.1) is 0 Å². The van der Waals surface area contributed by atoms with Gasteiger partial charge in [-0.2, -0.15) is 5.10 Å². The quantitative estimate of drug-likeness (QED) is 0.727. The maximum absolute atomic E-state index is 5.08. The number of H-pyrrole nitrogens is 1. The molecule has 2 aromatic heterocycles. The largest absolute Gasteiger partial charge is 0.465 e. The van der Waals surface area contributed by atoms with Gasteiger partial charge in [-0.1, -0.05) is 0 Å². The Balaban J connectivity index is 2.14. The zero-order valence-corrected chi connectivity index (χ0v) is 6.27. The summed E-state index contributed by atoms with van der Waals surface area (Å²) in [7, 11) is 0. The predicted molar refractivity (Wildman–Crippen MR) is 44.0 cm³/mol. The third-order valence-electron chi connectivity index (χ3n) is 1.38. The third-order valence-corrected chi connectivity index (χ3v) is 1.38. The molecule has 2 rings (SSSR count). The first-order chi connectivity index (χ1) is 5.95. The third kappa shape index (κ3) is 1.42. The molecule has 0 aromatic carbocycles. The van der Waals surface area contributed by atoms with Crippen molar-refractivity contribution in [3.63, 3.8) is 0 Å². The van der Waals surface area contributed by atoms with Gasteiger partial charge in [-0.05, 0) is 24.3 Å². The monoisotopic (exact) mass is 161 g/mol. The normalized spacial score (nSPS) is 11.0. The van der Waals surface area contributed by atoms with E-state index in [1.807, 2.05) is 18.2 Å². The van der Waals surface area contributed by atoms with E-state index >= 15 is 0 Å². The number of aromatic amines is 1. The molecular formula is C8H7N3O. The van der Waals surface area contributed by atoms with Crippen LogP contribution in [0.2, 0.25) is 0 Å². The summed E-state index contributed by atoms with van der Waals surface area (Å²) in [6.07, 6.45) is 6.70. The van der Waals surface area contributed by atoms with E-state index in [4.69, 9.17) is 4.42 Å². The standard InChI is InChI=1S/C8H7N3O/c1-2-7(12-5-1)3-4-8-9-6-10-11-8/h1-6H,(H,9,10,11)/b4-3+. The van der Waals surface area contributed by atoms with Crippen LogP contribution in [0.4, 0.5) is 0 Å². The molecule has 0 radical (unpaired) electrons. The highest BCUT2D eigenvalue weighted by molar-refractivity contribution is 5.63. The fourth-order valence-corrected chi connectivity index (χ4v) is 0.842. The lowest BCUT2D eigenvalue weighted by Crippen LogP contribution is -1.73. The van der Waals surface area contributed by atoms with Crippen LogP contribution in [0.1, 0.15) is 11.6 Å². The van der Waals surface area contributed by atoms with Crippen LogP contribution >= 0.6 is 0 Å². The Bertz CT molecular complexity index is 311. The van der Waals surface area contributed by atoms with Gasteiger partial charge in [0.25, 0.3) is 0 Å². The van der Waals surface area contributed by atoms with E-state index in [2.05, 4.69) is 15.2 Å². The molecule has 0 unspecified atom stereocenters. The van der Waals surface area contributed by atoms with Crippen molar-refractivity contribution in [1.29, 1.82) is 0 Å². The Labute approximate surface area is 68.9 Å². The molecule has 12 heavy (non-hydrogen) atoms. The Hall–Kier alpha value is -1.84. The van der Waals surface area contributed by atoms with Crippen LogP contribution in [0.15, 0.2) is 29.1 Å². The number of furan rings is 1. The molecule has 2 heterocycles. The van der Waals surface area contributed by atoms with Crippen molar-refractivity contribution < 1.29 is 4.42 Å². The highest BCUT2D eigenvalue weighted by Gasteiger charge is 1.89. The maximum atomic E-state index is 5.08. The van der Waals surface area contributed by atoms with E-state index in [1.54, 1.807) is 12.3 Å². The maximum Gasteiger partial charge on any atom is 0.148 e. The van der Waals surface area contributed by atoms with Crippen LogP contribution in [-0.2, 0) is 0 Å². The Kier molecular flexibility index (Phi) is 1.74. The second kappa shape index (κ2) is 3.04. The summed E-state index contributed by atoms with van der Waals surface area (Å²) in [5.41, 5.74) is 0. The summed E-state index contributed by atoms with van der Waals surface area (Å²) in [6.45, 7) is 0. The predicted octanol–water partition coefficient (Wildman–Crippen LogP) is 1.57. The zero-order chi connectivity index (χ0) is 8.23. The molecule has 60 valence electrons. The number of rotatable bonds is 2. The van der Waals surface area contributed by atoms with Crippen LogP contribution in [0.25, 0.3) is 12.2 Å². The van der Waals surface area contributed by atoms with E-state index in [1.165, 1.54) is 6.33 Å². The van der Waals surface area contributed by atoms with Crippen molar-refractivity contribution in [3.05, 3.63) is 36.3 Å². The minimum atomic E-state index is 0.714. The molecule has 0 aliphatic carbocycles. The number of nitrogens with one attached hydrogen (secondary N) is 1. The average Bonchev–Trinajstić information content (AvgIpc) is 2.74. The Morgan fingerprint density at radius 1 is 1.42 bits per heavy atom. The van der Waals surface area contributed by atoms with Gasteiger partial charge in [-0.3, -0.25) is 5.10 Å². The first-order valence-corrected chi connectivity index (χ1v) is 3.52. The van der Waals surface area contributed by atoms with Crippen molar-refractivity contribution in [2.24, 2.45) is 0 Å². The highest BCUT2D eigenvalue weighted by Crippen LogP contribution is 2.04. The SMILES string of the molecule is C(=C\c1ccco1)/c1ncn[nH]1. The molecule has 0 amide bonds. The molecule has 0 saturated carbocycles. The van der Waals surface area contributed by atoms with Gasteiger partial charge in [0.05, 0.1) is 6.26 Å². The lowest BCUT2D eigenvalue weighted by molar-refractivity contribution is 0.557. The minimum absolute atomic E-state index is 0.714. The first kappa shape index (κ1) is 6.84. The van der Waals surface area contributed by atoms with Gasteiger partial charge in [-0.25, -0.2) is 4.98 Å². The average molecular weight is 161 g/mol. The van der Waals surface area contributed by atoms with Gasteiger partial charge >= 0.3 is 0 Å². The van der Waals surface area contributed by atoms with E-state index in [9.17, 15) is 0 Å². The molecule has 0 aliphatic rings. The van der Waals surface area contributed by atoms with Crippen molar-refractivity contribution in [2.45, 2.75) is 0 Å². The molecule has 0 saturated heterocycles. The smallest absolute Gasteiger partial charge is 0.148 e. The van der Waals surface area contributed by atoms with Crippen molar-refractivity contribution in [1.82, 2.24) is 15.2 Å². The lowest BCUT2D eigenvalue weighted by atomic mass is 10.4. The fourth-order valence-electron chi connectivity index (χ4n) is 0.842. The molecule has 4 heteroatoms. The molecule has 0 aliphatic heterocycles. The van der Waals surface area contributed by atoms with E-state index < -0.39 is 0 Å². The summed E-state index contributed by atoms with van der Waals surface area (Å²) >= 11 is 0. The van der Waals surface area contributed by atoms with Gasteiger partial charge in [0.2, 0.25) is 0 Å². The van der Waals surface area contributed by atoms with Gasteiger partial charge in [0, 0.05) is 0 Å². The lowest BCUT2D eigenvalue weighted by Gasteiger charge is -1.81. The summed E-state index contributed by atoms with van der Waals surface area (Å²) in [5, 5.41) is 6.41. The van der Waals surface area contributed by atoms with Gasteiger partial charge in [0.1, 0.15) is 17.9 Å². The van der Waals surface area contributed by atoms with E-state index in [0.29, 0.717) is 5.82 Å². The molecule has 4 nitrogen and oxygen atoms in total. The molecule has 1 N–H and O–H groups in total. The van der Waals surface area contributed by atoms with Crippen LogP contribution < -0.4 is 0 Å². The molecular weight excluding hydrogens is 154 g/mol. The highest BCUT2D eigenvalue weighted by atomic mass is 16.3. The minimum Gasteiger partial charge on any atom is -0.465 e. The van der Waals surface area contributed by atoms with E-state index in [0.717, 1.165) is 5.76 Å². The number of aromatic nitrogens is 3.